The van der Waals surface area contributed by atoms with Crippen molar-refractivity contribution in [2.24, 2.45) is 23.7 Å². The number of ether oxygens (including phenoxy) is 2. The van der Waals surface area contributed by atoms with Gasteiger partial charge in [0.05, 0.1) is 18.4 Å². The molecule has 4 fully saturated rings. The molecule has 1 aliphatic carbocycles. The normalized spacial score (nSPS) is 34.1. The van der Waals surface area contributed by atoms with Crippen LogP contribution in [0.5, 0.6) is 0 Å². The quantitative estimate of drug-likeness (QED) is 0.532. The summed E-state index contributed by atoms with van der Waals surface area (Å²) in [7, 11) is 1.56. The summed E-state index contributed by atoms with van der Waals surface area (Å²) in [6, 6.07) is 13.6. The van der Waals surface area contributed by atoms with Gasteiger partial charge in [-0.15, -0.1) is 0 Å². The first-order valence-electron chi connectivity index (χ1n) is 13.6. The number of imide groups is 1. The summed E-state index contributed by atoms with van der Waals surface area (Å²) >= 11 is 0. The van der Waals surface area contributed by atoms with Crippen molar-refractivity contribution in [3.63, 3.8) is 0 Å². The smallest absolute Gasteiger partial charge is 0.233 e. The maximum atomic E-state index is 13.9. The Balaban J connectivity index is 1.20. The Morgan fingerprint density at radius 2 is 1.82 bits per heavy atom. The van der Waals surface area contributed by atoms with Crippen molar-refractivity contribution in [2.75, 3.05) is 26.8 Å². The van der Waals surface area contributed by atoms with E-state index >= 15 is 0 Å². The lowest BCUT2D eigenvalue weighted by Gasteiger charge is -2.44. The fourth-order valence-electron chi connectivity index (χ4n) is 7.27. The second-order valence-electron chi connectivity index (χ2n) is 11.2. The third kappa shape index (κ3) is 4.30. The average molecular weight is 525 g/mol. The molecule has 4 heterocycles. The minimum atomic E-state index is -1.60. The van der Waals surface area contributed by atoms with Gasteiger partial charge in [0.15, 0.2) is 5.79 Å². The van der Waals surface area contributed by atoms with Crippen molar-refractivity contribution in [3.05, 3.63) is 59.5 Å². The molecular weight excluding hydrogens is 488 g/mol. The molecule has 6 rings (SSSR count). The lowest BCUT2D eigenvalue weighted by molar-refractivity contribution is -0.276. The lowest BCUT2D eigenvalue weighted by atomic mass is 9.64. The Morgan fingerprint density at radius 3 is 2.50 bits per heavy atom. The summed E-state index contributed by atoms with van der Waals surface area (Å²) < 4.78 is 17.3. The van der Waals surface area contributed by atoms with Crippen LogP contribution in [0.1, 0.15) is 48.9 Å². The molecule has 9 heteroatoms. The average Bonchev–Trinajstić information content (AvgIpc) is 3.61. The van der Waals surface area contributed by atoms with Crippen molar-refractivity contribution in [1.29, 1.82) is 0 Å². The first-order chi connectivity index (χ1) is 18.4. The molecule has 1 saturated carbocycles. The number of furan rings is 1. The molecule has 6 atom stereocenters. The molecule has 204 valence electrons. The molecule has 0 unspecified atom stereocenters. The Bertz CT molecular complexity index is 1160. The van der Waals surface area contributed by atoms with E-state index in [1.54, 1.807) is 19.2 Å². The molecule has 2 N–H and O–H groups in total. The fraction of sp³-hybridized carbons (Fsp3) is 0.586. The van der Waals surface area contributed by atoms with Crippen molar-refractivity contribution >= 4 is 11.8 Å². The molecule has 3 aliphatic heterocycles. The SMILES string of the molecule is COC[C@H]1C[C@@H]2C(=O)N(C3CCN(Cc4ccccc4)CC3)C(=O)[C@@H]2[C@@H]2C[C@@H](c3ccc(CO)o3)O[C@]12O. The zero-order valence-electron chi connectivity index (χ0n) is 21.7. The Labute approximate surface area is 222 Å². The van der Waals surface area contributed by atoms with Crippen molar-refractivity contribution < 1.29 is 33.7 Å². The number of rotatable bonds is 7. The molecule has 9 nitrogen and oxygen atoms in total. The highest BCUT2D eigenvalue weighted by Crippen LogP contribution is 2.58. The third-order valence-corrected chi connectivity index (χ3v) is 9.09. The highest BCUT2D eigenvalue weighted by molar-refractivity contribution is 6.05. The van der Waals surface area contributed by atoms with Crippen LogP contribution in [-0.4, -0.2) is 70.5 Å². The minimum absolute atomic E-state index is 0.117. The van der Waals surface area contributed by atoms with E-state index in [0.717, 1.165) is 32.5 Å². The number of likely N-dealkylation sites (tertiary alicyclic amines) is 2. The van der Waals surface area contributed by atoms with E-state index in [9.17, 15) is 19.8 Å². The zero-order chi connectivity index (χ0) is 26.4. The van der Waals surface area contributed by atoms with Gasteiger partial charge in [-0.1, -0.05) is 30.3 Å². The molecular formula is C29H36N2O7. The minimum Gasteiger partial charge on any atom is -0.461 e. The Kier molecular flexibility index (Phi) is 6.90. The summed E-state index contributed by atoms with van der Waals surface area (Å²) in [6.45, 7) is 2.49. The molecule has 0 bridgehead atoms. The van der Waals surface area contributed by atoms with Crippen molar-refractivity contribution in [3.8, 4) is 0 Å². The summed E-state index contributed by atoms with van der Waals surface area (Å²) in [5, 5.41) is 21.2. The number of hydrogen-bond acceptors (Lipinski definition) is 8. The van der Waals surface area contributed by atoms with Crippen LogP contribution < -0.4 is 0 Å². The fourth-order valence-corrected chi connectivity index (χ4v) is 7.27. The van der Waals surface area contributed by atoms with E-state index in [1.165, 1.54) is 10.5 Å². The predicted octanol–water partition coefficient (Wildman–Crippen LogP) is 2.47. The summed E-state index contributed by atoms with van der Waals surface area (Å²) in [5.41, 5.74) is 1.26. The highest BCUT2D eigenvalue weighted by Gasteiger charge is 2.67. The Hall–Kier alpha value is -2.56. The number of aliphatic hydroxyl groups excluding tert-OH is 1. The van der Waals surface area contributed by atoms with E-state index in [4.69, 9.17) is 13.9 Å². The first-order valence-corrected chi connectivity index (χ1v) is 13.6. The third-order valence-electron chi connectivity index (χ3n) is 9.09. The van der Waals surface area contributed by atoms with Gasteiger partial charge in [0, 0.05) is 44.6 Å². The Morgan fingerprint density at radius 1 is 1.05 bits per heavy atom. The largest absolute Gasteiger partial charge is 0.461 e. The van der Waals surface area contributed by atoms with Crippen LogP contribution in [0.15, 0.2) is 46.9 Å². The van der Waals surface area contributed by atoms with Crippen LogP contribution in [-0.2, 0) is 32.2 Å². The molecule has 1 aromatic heterocycles. The van der Waals surface area contributed by atoms with Crippen molar-refractivity contribution in [1.82, 2.24) is 9.80 Å². The summed E-state index contributed by atoms with van der Waals surface area (Å²) in [5.74, 6) is -3.08. The number of benzene rings is 1. The standard InChI is InChI=1S/C29H36N2O7/c1-36-17-19-13-22-26(23-14-25(38-29(19,23)35)24-8-7-21(16-32)37-24)28(34)31(27(22)33)20-9-11-30(12-10-20)15-18-5-3-2-4-6-18/h2-8,19-20,22-23,25-26,32,35H,9-17H2,1H3/t19-,22+,23+,25+,26+,29-/m1/s1. The summed E-state index contributed by atoms with van der Waals surface area (Å²) in [6.07, 6.45) is 1.62. The van der Waals surface area contributed by atoms with E-state index in [2.05, 4.69) is 17.0 Å². The first kappa shape index (κ1) is 25.7. The molecule has 3 saturated heterocycles. The van der Waals surface area contributed by atoms with Crippen LogP contribution in [0.25, 0.3) is 0 Å². The van der Waals surface area contributed by atoms with E-state index in [1.807, 2.05) is 18.2 Å². The van der Waals surface area contributed by atoms with Crippen LogP contribution in [0.3, 0.4) is 0 Å². The maximum absolute atomic E-state index is 13.9. The van der Waals surface area contributed by atoms with E-state index < -0.39 is 35.6 Å². The maximum Gasteiger partial charge on any atom is 0.233 e. The second-order valence-corrected chi connectivity index (χ2v) is 11.2. The number of piperidine rings is 1. The highest BCUT2D eigenvalue weighted by atomic mass is 16.6. The van der Waals surface area contributed by atoms with Crippen LogP contribution in [0, 0.1) is 23.7 Å². The number of nitrogens with zero attached hydrogens (tertiary/aromatic N) is 2. The molecule has 2 aromatic rings. The van der Waals surface area contributed by atoms with Crippen LogP contribution >= 0.6 is 0 Å². The van der Waals surface area contributed by atoms with Gasteiger partial charge in [0.1, 0.15) is 24.2 Å². The number of carbonyl (C=O) groups is 2. The van der Waals surface area contributed by atoms with E-state index in [-0.39, 0.29) is 31.1 Å². The molecule has 4 aliphatic rings. The number of hydrogen-bond donors (Lipinski definition) is 2. The van der Waals surface area contributed by atoms with Gasteiger partial charge in [0.25, 0.3) is 0 Å². The van der Waals surface area contributed by atoms with Gasteiger partial charge < -0.3 is 24.1 Å². The van der Waals surface area contributed by atoms with Gasteiger partial charge in [-0.25, -0.2) is 0 Å². The molecule has 2 amide bonds. The molecule has 0 radical (unpaired) electrons. The molecule has 38 heavy (non-hydrogen) atoms. The van der Waals surface area contributed by atoms with Crippen LogP contribution in [0.4, 0.5) is 0 Å². The predicted molar refractivity (Wildman–Crippen MR) is 135 cm³/mol. The number of fused-ring (bicyclic) bond motifs is 3. The number of amides is 2. The zero-order valence-corrected chi connectivity index (χ0v) is 21.7. The molecule has 0 spiro atoms. The number of carbonyl (C=O) groups excluding carboxylic acids is 2. The van der Waals surface area contributed by atoms with Gasteiger partial charge >= 0.3 is 0 Å². The monoisotopic (exact) mass is 524 g/mol. The number of methoxy groups -OCH3 is 1. The summed E-state index contributed by atoms with van der Waals surface area (Å²) in [4.78, 5) is 31.5. The van der Waals surface area contributed by atoms with Gasteiger partial charge in [-0.2, -0.15) is 0 Å². The van der Waals surface area contributed by atoms with Gasteiger partial charge in [-0.05, 0) is 43.4 Å². The van der Waals surface area contributed by atoms with Gasteiger partial charge in [0.2, 0.25) is 11.8 Å². The van der Waals surface area contributed by atoms with Crippen LogP contribution in [0.2, 0.25) is 0 Å². The van der Waals surface area contributed by atoms with E-state index in [0.29, 0.717) is 24.4 Å². The lowest BCUT2D eigenvalue weighted by Crippen LogP contribution is -2.54. The second kappa shape index (κ2) is 10.2. The topological polar surface area (TPSA) is 113 Å². The van der Waals surface area contributed by atoms with Crippen molar-refractivity contribution in [2.45, 2.75) is 56.8 Å². The van der Waals surface area contributed by atoms with Gasteiger partial charge in [-0.3, -0.25) is 19.4 Å². The number of aliphatic hydroxyl groups is 2. The molecule has 1 aromatic carbocycles.